The van der Waals surface area contributed by atoms with E-state index in [9.17, 15) is 13.2 Å². The maximum absolute atomic E-state index is 12.1. The van der Waals surface area contributed by atoms with Crippen LogP contribution in [0, 0.1) is 13.8 Å². The summed E-state index contributed by atoms with van der Waals surface area (Å²) in [7, 11) is -3.30. The van der Waals surface area contributed by atoms with Gasteiger partial charge in [0.2, 0.25) is 5.91 Å². The molecule has 0 unspecified atom stereocenters. The normalized spacial score (nSPS) is 17.4. The quantitative estimate of drug-likeness (QED) is 0.798. The highest BCUT2D eigenvalue weighted by molar-refractivity contribution is 7.91. The van der Waals surface area contributed by atoms with Gasteiger partial charge in [0.15, 0.2) is 9.84 Å². The molecule has 1 aromatic carbocycles. The maximum Gasteiger partial charge on any atom is 0.240 e. The van der Waals surface area contributed by atoms with Gasteiger partial charge in [-0.2, -0.15) is 0 Å². The van der Waals surface area contributed by atoms with Crippen LogP contribution in [0.3, 0.4) is 0 Å². The number of aryl methyl sites for hydroxylation is 2. The Morgan fingerprint density at radius 3 is 2.67 bits per heavy atom. The Balaban J connectivity index is 2.70. The summed E-state index contributed by atoms with van der Waals surface area (Å²) in [6, 6.07) is 3.54. The van der Waals surface area contributed by atoms with Crippen molar-refractivity contribution in [2.24, 2.45) is 5.73 Å². The molecule has 0 aliphatic carbocycles. The Morgan fingerprint density at radius 2 is 2.06 bits per heavy atom. The van der Waals surface area contributed by atoms with Gasteiger partial charge in [-0.05, 0) is 31.0 Å². The van der Waals surface area contributed by atoms with Gasteiger partial charge >= 0.3 is 0 Å². The number of rotatable bonds is 1. The summed E-state index contributed by atoms with van der Waals surface area (Å²) in [5, 5.41) is 0. The number of hydrogen-bond acceptors (Lipinski definition) is 4. The molecule has 0 radical (unpaired) electrons. The molecule has 1 aliphatic heterocycles. The first kappa shape index (κ1) is 13.0. The molecular weight excluding hydrogens is 252 g/mol. The number of nitrogens with two attached hydrogens (primary N) is 1. The minimum atomic E-state index is -3.30. The Bertz CT molecular complexity index is 608. The second-order valence-electron chi connectivity index (χ2n) is 4.50. The largest absolute Gasteiger partial charge is 0.322 e. The predicted octanol–water partition coefficient (Wildman–Crippen LogP) is 0.382. The summed E-state index contributed by atoms with van der Waals surface area (Å²) in [6.07, 6.45) is 0. The fraction of sp³-hybridized carbons (Fsp3) is 0.417. The zero-order valence-corrected chi connectivity index (χ0v) is 11.3. The number of anilines is 1. The number of amides is 1. The zero-order valence-electron chi connectivity index (χ0n) is 10.4. The van der Waals surface area contributed by atoms with E-state index in [1.165, 1.54) is 4.90 Å². The molecule has 0 atom stereocenters. The molecule has 2 rings (SSSR count). The summed E-state index contributed by atoms with van der Waals surface area (Å²) in [5.41, 5.74) is 7.44. The molecule has 0 aromatic heterocycles. The van der Waals surface area contributed by atoms with Gasteiger partial charge < -0.3 is 10.6 Å². The van der Waals surface area contributed by atoms with Crippen molar-refractivity contribution < 1.29 is 13.2 Å². The molecule has 2 N–H and O–H groups in total. The number of benzene rings is 1. The van der Waals surface area contributed by atoms with Crippen molar-refractivity contribution in [2.45, 2.75) is 18.7 Å². The summed E-state index contributed by atoms with van der Waals surface area (Å²) in [5.74, 6) is -0.300. The molecule has 0 saturated carbocycles. The van der Waals surface area contributed by atoms with Gasteiger partial charge in [0.25, 0.3) is 0 Å². The summed E-state index contributed by atoms with van der Waals surface area (Å²) < 4.78 is 24.2. The van der Waals surface area contributed by atoms with E-state index in [0.717, 1.165) is 5.56 Å². The van der Waals surface area contributed by atoms with Crippen LogP contribution in [-0.2, 0) is 14.6 Å². The van der Waals surface area contributed by atoms with Crippen molar-refractivity contribution in [3.05, 3.63) is 23.3 Å². The highest BCUT2D eigenvalue weighted by Crippen LogP contribution is 2.34. The van der Waals surface area contributed by atoms with Crippen molar-refractivity contribution in [1.82, 2.24) is 0 Å². The van der Waals surface area contributed by atoms with Gasteiger partial charge in [-0.3, -0.25) is 4.79 Å². The van der Waals surface area contributed by atoms with Gasteiger partial charge in [0, 0.05) is 6.54 Å². The van der Waals surface area contributed by atoms with E-state index < -0.39 is 9.84 Å². The molecule has 1 amide bonds. The molecule has 18 heavy (non-hydrogen) atoms. The second-order valence-corrected chi connectivity index (χ2v) is 6.54. The van der Waals surface area contributed by atoms with Crippen LogP contribution in [0.4, 0.5) is 5.69 Å². The zero-order chi connectivity index (χ0) is 13.5. The van der Waals surface area contributed by atoms with E-state index in [1.807, 2.05) is 13.0 Å². The van der Waals surface area contributed by atoms with Crippen molar-refractivity contribution in [1.29, 1.82) is 0 Å². The summed E-state index contributed by atoms with van der Waals surface area (Å²) >= 11 is 0. The number of nitrogens with zero attached hydrogens (tertiary/aromatic N) is 1. The van der Waals surface area contributed by atoms with E-state index in [2.05, 4.69) is 0 Å². The van der Waals surface area contributed by atoms with Crippen LogP contribution in [0.1, 0.15) is 11.1 Å². The average molecular weight is 268 g/mol. The van der Waals surface area contributed by atoms with E-state index in [4.69, 9.17) is 5.73 Å². The third kappa shape index (κ3) is 2.02. The highest BCUT2D eigenvalue weighted by atomic mass is 32.2. The number of sulfone groups is 1. The predicted molar refractivity (Wildman–Crippen MR) is 69.4 cm³/mol. The SMILES string of the molecule is Cc1cc(C)c2c(c1)N(C(=O)CN)CCS2(=O)=O. The first-order valence-corrected chi connectivity index (χ1v) is 7.36. The molecule has 0 saturated heterocycles. The smallest absolute Gasteiger partial charge is 0.240 e. The van der Waals surface area contributed by atoms with Gasteiger partial charge in [-0.1, -0.05) is 6.07 Å². The summed E-state index contributed by atoms with van der Waals surface area (Å²) in [4.78, 5) is 13.5. The number of carbonyl (C=O) groups excluding carboxylic acids is 1. The Morgan fingerprint density at radius 1 is 1.39 bits per heavy atom. The van der Waals surface area contributed by atoms with Crippen LogP contribution in [0.2, 0.25) is 0 Å². The number of hydrogen-bond donors (Lipinski definition) is 1. The van der Waals surface area contributed by atoms with E-state index >= 15 is 0 Å². The summed E-state index contributed by atoms with van der Waals surface area (Å²) in [6.45, 7) is 3.68. The van der Waals surface area contributed by atoms with Crippen molar-refractivity contribution in [2.75, 3.05) is 23.7 Å². The van der Waals surface area contributed by atoms with Gasteiger partial charge in [-0.25, -0.2) is 8.42 Å². The van der Waals surface area contributed by atoms with E-state index in [0.29, 0.717) is 11.3 Å². The lowest BCUT2D eigenvalue weighted by molar-refractivity contribution is -0.117. The van der Waals surface area contributed by atoms with Crippen molar-refractivity contribution in [3.63, 3.8) is 0 Å². The number of carbonyl (C=O) groups is 1. The molecular formula is C12H16N2O3S. The van der Waals surface area contributed by atoms with Crippen LogP contribution in [0.25, 0.3) is 0 Å². The monoisotopic (exact) mass is 268 g/mol. The average Bonchev–Trinajstić information content (AvgIpc) is 2.26. The van der Waals surface area contributed by atoms with Gasteiger partial charge in [0.1, 0.15) is 0 Å². The molecule has 1 heterocycles. The maximum atomic E-state index is 12.1. The lowest BCUT2D eigenvalue weighted by atomic mass is 10.1. The first-order valence-electron chi connectivity index (χ1n) is 5.71. The standard InChI is InChI=1S/C12H16N2O3S/c1-8-5-9(2)12-10(6-8)14(11(15)7-13)3-4-18(12,16)17/h5-6H,3-4,7,13H2,1-2H3. The molecule has 0 fully saturated rings. The van der Waals surface area contributed by atoms with Crippen molar-refractivity contribution in [3.8, 4) is 0 Å². The lowest BCUT2D eigenvalue weighted by Crippen LogP contribution is -2.43. The Labute approximate surface area is 107 Å². The molecule has 1 aliphatic rings. The number of fused-ring (bicyclic) bond motifs is 1. The minimum Gasteiger partial charge on any atom is -0.322 e. The fourth-order valence-corrected chi connectivity index (χ4v) is 4.00. The topological polar surface area (TPSA) is 80.5 Å². The van der Waals surface area contributed by atoms with Crippen LogP contribution in [0.15, 0.2) is 17.0 Å². The molecule has 5 nitrogen and oxygen atoms in total. The highest BCUT2D eigenvalue weighted by Gasteiger charge is 2.32. The van der Waals surface area contributed by atoms with Crippen LogP contribution >= 0.6 is 0 Å². The molecule has 0 bridgehead atoms. The van der Waals surface area contributed by atoms with Crippen LogP contribution < -0.4 is 10.6 Å². The minimum absolute atomic E-state index is 0.0460. The second kappa shape index (κ2) is 4.37. The van der Waals surface area contributed by atoms with E-state index in [1.54, 1.807) is 13.0 Å². The van der Waals surface area contributed by atoms with Gasteiger partial charge in [0.05, 0.1) is 22.9 Å². The molecule has 6 heteroatoms. The molecule has 98 valence electrons. The lowest BCUT2D eigenvalue weighted by Gasteiger charge is -2.30. The van der Waals surface area contributed by atoms with Gasteiger partial charge in [-0.15, -0.1) is 0 Å². The van der Waals surface area contributed by atoms with E-state index in [-0.39, 0.29) is 29.6 Å². The Kier molecular flexibility index (Phi) is 3.16. The third-order valence-corrected chi connectivity index (χ3v) is 4.93. The first-order chi connectivity index (χ1) is 8.36. The molecule has 0 spiro atoms. The van der Waals surface area contributed by atoms with Crippen molar-refractivity contribution >= 4 is 21.4 Å². The van der Waals surface area contributed by atoms with Crippen LogP contribution in [-0.4, -0.2) is 33.2 Å². The van der Waals surface area contributed by atoms with Crippen LogP contribution in [0.5, 0.6) is 0 Å². The third-order valence-electron chi connectivity index (χ3n) is 3.06. The Hall–Kier alpha value is -1.40. The fourth-order valence-electron chi connectivity index (χ4n) is 2.34. The molecule has 1 aromatic rings.